The van der Waals surface area contributed by atoms with Gasteiger partial charge in [-0.3, -0.25) is 0 Å². The highest BCUT2D eigenvalue weighted by molar-refractivity contribution is 14.1. The van der Waals surface area contributed by atoms with Crippen LogP contribution in [0.5, 0.6) is 0 Å². The van der Waals surface area contributed by atoms with Gasteiger partial charge in [0.25, 0.3) is 0 Å². The molecule has 0 spiro atoms. The zero-order valence-corrected chi connectivity index (χ0v) is 15.4. The van der Waals surface area contributed by atoms with Gasteiger partial charge in [-0.2, -0.15) is 0 Å². The number of carbonyl (C=O) groups is 3. The molecule has 0 aliphatic heterocycles. The van der Waals surface area contributed by atoms with Crippen LogP contribution in [0.15, 0.2) is 23.9 Å². The molecule has 7 nitrogen and oxygen atoms in total. The molecule has 0 aliphatic rings. The van der Waals surface area contributed by atoms with Gasteiger partial charge in [0.15, 0.2) is 0 Å². The van der Waals surface area contributed by atoms with Crippen LogP contribution in [0.3, 0.4) is 0 Å². The molecule has 1 aromatic carbocycles. The fraction of sp³-hybridized carbons (Fsp3) is 0.214. The second kappa shape index (κ2) is 8.73. The summed E-state index contributed by atoms with van der Waals surface area (Å²) in [6, 6.07) is 2.95. The van der Waals surface area contributed by atoms with Crippen molar-refractivity contribution in [2.24, 2.45) is 0 Å². The van der Waals surface area contributed by atoms with Gasteiger partial charge in [-0.1, -0.05) is 11.6 Å². The summed E-state index contributed by atoms with van der Waals surface area (Å²) >= 11 is 7.86. The van der Waals surface area contributed by atoms with E-state index in [1.54, 1.807) is 6.07 Å². The SMILES string of the molecule is COC(=O)/C=C(/Nc1c(I)cc(Cl)cc1C(=O)OC)C(=O)OC. The van der Waals surface area contributed by atoms with E-state index in [1.165, 1.54) is 20.3 Å². The van der Waals surface area contributed by atoms with Crippen molar-refractivity contribution < 1.29 is 28.6 Å². The average Bonchev–Trinajstić information content (AvgIpc) is 2.54. The number of esters is 3. The lowest BCUT2D eigenvalue weighted by molar-refractivity contribution is -0.138. The van der Waals surface area contributed by atoms with E-state index in [1.807, 2.05) is 22.6 Å². The highest BCUT2D eigenvalue weighted by Gasteiger charge is 2.20. The maximum atomic E-state index is 11.9. The molecule has 0 radical (unpaired) electrons. The van der Waals surface area contributed by atoms with Crippen LogP contribution in [-0.4, -0.2) is 39.2 Å². The number of ether oxygens (including phenoxy) is 3. The Morgan fingerprint density at radius 3 is 2.30 bits per heavy atom. The zero-order chi connectivity index (χ0) is 17.6. The molecule has 0 saturated carbocycles. The third-order valence-corrected chi connectivity index (χ3v) is 3.66. The number of halogens is 2. The van der Waals surface area contributed by atoms with E-state index in [4.69, 9.17) is 11.6 Å². The maximum absolute atomic E-state index is 11.9. The number of carbonyl (C=O) groups excluding carboxylic acids is 3. The molecular weight excluding hydrogens is 441 g/mol. The van der Waals surface area contributed by atoms with Gasteiger partial charge in [0, 0.05) is 8.59 Å². The molecule has 1 rings (SSSR count). The first kappa shape index (κ1) is 19.2. The summed E-state index contributed by atoms with van der Waals surface area (Å²) in [4.78, 5) is 35.1. The summed E-state index contributed by atoms with van der Waals surface area (Å²) in [6.45, 7) is 0. The van der Waals surface area contributed by atoms with E-state index >= 15 is 0 Å². The van der Waals surface area contributed by atoms with E-state index in [0.29, 0.717) is 8.59 Å². The highest BCUT2D eigenvalue weighted by Crippen LogP contribution is 2.29. The van der Waals surface area contributed by atoms with Crippen LogP contribution in [0, 0.1) is 3.57 Å². The Balaban J connectivity index is 3.38. The normalized spacial score (nSPS) is 10.7. The van der Waals surface area contributed by atoms with Gasteiger partial charge in [-0.05, 0) is 34.7 Å². The van der Waals surface area contributed by atoms with Crippen molar-refractivity contribution >= 4 is 57.8 Å². The Hall–Kier alpha value is -1.81. The molecule has 0 atom stereocenters. The van der Waals surface area contributed by atoms with Crippen LogP contribution < -0.4 is 5.32 Å². The maximum Gasteiger partial charge on any atom is 0.354 e. The largest absolute Gasteiger partial charge is 0.466 e. The van der Waals surface area contributed by atoms with Gasteiger partial charge < -0.3 is 19.5 Å². The molecule has 0 fully saturated rings. The number of rotatable bonds is 5. The monoisotopic (exact) mass is 453 g/mol. The molecule has 0 amide bonds. The fourth-order valence-electron chi connectivity index (χ4n) is 1.54. The van der Waals surface area contributed by atoms with Crippen molar-refractivity contribution in [3.05, 3.63) is 38.1 Å². The molecule has 0 bridgehead atoms. The van der Waals surface area contributed by atoms with Crippen LogP contribution >= 0.6 is 34.2 Å². The highest BCUT2D eigenvalue weighted by atomic mass is 127. The minimum absolute atomic E-state index is 0.101. The molecule has 0 heterocycles. The molecule has 0 unspecified atom stereocenters. The summed E-state index contributed by atoms with van der Waals surface area (Å²) in [5.74, 6) is -2.23. The predicted molar refractivity (Wildman–Crippen MR) is 91.2 cm³/mol. The number of hydrogen-bond donors (Lipinski definition) is 1. The van der Waals surface area contributed by atoms with Gasteiger partial charge in [0.1, 0.15) is 5.70 Å². The Kier molecular flexibility index (Phi) is 7.30. The summed E-state index contributed by atoms with van der Waals surface area (Å²) in [6.07, 6.45) is 0.914. The first-order valence-electron chi connectivity index (χ1n) is 6.06. The molecule has 23 heavy (non-hydrogen) atoms. The molecular formula is C14H13ClINO6. The molecule has 0 aromatic heterocycles. The Morgan fingerprint density at radius 1 is 1.13 bits per heavy atom. The molecule has 0 saturated heterocycles. The lowest BCUT2D eigenvalue weighted by Gasteiger charge is -2.14. The second-order valence-electron chi connectivity index (χ2n) is 4.00. The summed E-state index contributed by atoms with van der Waals surface area (Å²) in [5, 5.41) is 3.01. The Bertz CT molecular complexity index is 673. The minimum atomic E-state index is -0.808. The van der Waals surface area contributed by atoms with E-state index in [2.05, 4.69) is 19.5 Å². The van der Waals surface area contributed by atoms with Gasteiger partial charge in [-0.15, -0.1) is 0 Å². The summed E-state index contributed by atoms with van der Waals surface area (Å²) in [7, 11) is 3.54. The lowest BCUT2D eigenvalue weighted by Crippen LogP contribution is -2.18. The topological polar surface area (TPSA) is 90.9 Å². The molecule has 9 heteroatoms. The molecule has 0 aliphatic carbocycles. The zero-order valence-electron chi connectivity index (χ0n) is 12.4. The standard InChI is InChI=1S/C14H13ClINO6/c1-21-11(18)6-10(14(20)23-3)17-12-8(13(19)22-2)4-7(15)5-9(12)16/h4-6,17H,1-3H3/b10-6+. The smallest absolute Gasteiger partial charge is 0.354 e. The quantitative estimate of drug-likeness (QED) is 0.317. The second-order valence-corrected chi connectivity index (χ2v) is 5.60. The van der Waals surface area contributed by atoms with Gasteiger partial charge in [0.2, 0.25) is 0 Å². The first-order chi connectivity index (χ1) is 10.8. The van der Waals surface area contributed by atoms with Crippen molar-refractivity contribution in [1.29, 1.82) is 0 Å². The van der Waals surface area contributed by atoms with Gasteiger partial charge >= 0.3 is 17.9 Å². The third-order valence-electron chi connectivity index (χ3n) is 2.59. The van der Waals surface area contributed by atoms with E-state index in [-0.39, 0.29) is 16.9 Å². The van der Waals surface area contributed by atoms with Crippen LogP contribution in [0.2, 0.25) is 5.02 Å². The first-order valence-corrected chi connectivity index (χ1v) is 7.52. The van der Waals surface area contributed by atoms with Crippen molar-refractivity contribution in [2.45, 2.75) is 0 Å². The van der Waals surface area contributed by atoms with Crippen molar-refractivity contribution in [3.8, 4) is 0 Å². The van der Waals surface area contributed by atoms with E-state index in [0.717, 1.165) is 13.2 Å². The molecule has 1 N–H and O–H groups in total. The Labute approximate surface area is 151 Å². The number of methoxy groups -OCH3 is 3. The van der Waals surface area contributed by atoms with Crippen molar-refractivity contribution in [3.63, 3.8) is 0 Å². The summed E-state index contributed by atoms with van der Waals surface area (Å²) in [5.41, 5.74) is 0.149. The van der Waals surface area contributed by atoms with Crippen LogP contribution in [-0.2, 0) is 23.8 Å². The predicted octanol–water partition coefficient (Wildman–Crippen LogP) is 2.37. The molecule has 124 valence electrons. The Morgan fingerprint density at radius 2 is 1.78 bits per heavy atom. The fourth-order valence-corrected chi connectivity index (χ4v) is 2.70. The van der Waals surface area contributed by atoms with Gasteiger partial charge in [0.05, 0.1) is 38.7 Å². The van der Waals surface area contributed by atoms with E-state index < -0.39 is 17.9 Å². The van der Waals surface area contributed by atoms with Crippen molar-refractivity contribution in [2.75, 3.05) is 26.6 Å². The van der Waals surface area contributed by atoms with Crippen LogP contribution in [0.4, 0.5) is 5.69 Å². The van der Waals surface area contributed by atoms with Crippen LogP contribution in [0.25, 0.3) is 0 Å². The molecule has 1 aromatic rings. The summed E-state index contributed by atoms with van der Waals surface area (Å²) < 4.78 is 14.3. The lowest BCUT2D eigenvalue weighted by atomic mass is 10.1. The third kappa shape index (κ3) is 5.10. The average molecular weight is 454 g/mol. The number of benzene rings is 1. The number of anilines is 1. The number of nitrogens with one attached hydrogen (secondary N) is 1. The van der Waals surface area contributed by atoms with Crippen molar-refractivity contribution in [1.82, 2.24) is 0 Å². The van der Waals surface area contributed by atoms with Gasteiger partial charge in [-0.25, -0.2) is 14.4 Å². The van der Waals surface area contributed by atoms with Crippen LogP contribution in [0.1, 0.15) is 10.4 Å². The number of hydrogen-bond acceptors (Lipinski definition) is 7. The van der Waals surface area contributed by atoms with E-state index in [9.17, 15) is 14.4 Å². The minimum Gasteiger partial charge on any atom is -0.466 e.